The van der Waals surface area contributed by atoms with Crippen molar-refractivity contribution >= 4 is 21.6 Å². The van der Waals surface area contributed by atoms with Gasteiger partial charge >= 0.3 is 0 Å². The maximum atomic E-state index is 6.25. The molecule has 2 unspecified atom stereocenters. The number of hydrogen-bond acceptors (Lipinski definition) is 2. The third kappa shape index (κ3) is 4.50. The molecule has 19 heavy (non-hydrogen) atoms. The molecule has 0 saturated carbocycles. The van der Waals surface area contributed by atoms with E-state index in [0.717, 1.165) is 24.0 Å². The first-order valence-corrected chi connectivity index (χ1v) is 7.89. The molecule has 0 spiro atoms. The standard InChI is InChI=1S/C16H25BrN2/c1-16(2,3)9-12-8-14(18)11-19(10-12)15-6-4-13(17)5-7-15/h4-7,12,14H,8-11,18H2,1-3H3. The van der Waals surface area contributed by atoms with Gasteiger partial charge in [0.2, 0.25) is 0 Å². The zero-order chi connectivity index (χ0) is 14.0. The third-order valence-corrected chi connectivity index (χ3v) is 4.19. The summed E-state index contributed by atoms with van der Waals surface area (Å²) in [5.74, 6) is 0.701. The van der Waals surface area contributed by atoms with Crippen molar-refractivity contribution in [2.45, 2.75) is 39.7 Å². The molecule has 2 atom stereocenters. The lowest BCUT2D eigenvalue weighted by molar-refractivity contribution is 0.253. The van der Waals surface area contributed by atoms with Crippen molar-refractivity contribution in [3.8, 4) is 0 Å². The molecule has 1 aliphatic heterocycles. The van der Waals surface area contributed by atoms with Crippen molar-refractivity contribution in [3.05, 3.63) is 28.7 Å². The summed E-state index contributed by atoms with van der Waals surface area (Å²) < 4.78 is 1.13. The highest BCUT2D eigenvalue weighted by Crippen LogP contribution is 2.32. The Labute approximate surface area is 125 Å². The van der Waals surface area contributed by atoms with Gasteiger partial charge in [-0.2, -0.15) is 0 Å². The lowest BCUT2D eigenvalue weighted by Crippen LogP contribution is -2.47. The summed E-state index contributed by atoms with van der Waals surface area (Å²) in [5.41, 5.74) is 7.92. The van der Waals surface area contributed by atoms with Gasteiger partial charge in [0.25, 0.3) is 0 Å². The molecule has 0 aromatic heterocycles. The monoisotopic (exact) mass is 324 g/mol. The fourth-order valence-electron chi connectivity index (χ4n) is 3.12. The molecule has 2 N–H and O–H groups in total. The second-order valence-electron chi connectivity index (χ2n) is 7.01. The quantitative estimate of drug-likeness (QED) is 0.889. The molecule has 0 radical (unpaired) electrons. The van der Waals surface area contributed by atoms with Crippen LogP contribution in [0.2, 0.25) is 0 Å². The summed E-state index contributed by atoms with van der Waals surface area (Å²) in [5, 5.41) is 0. The Morgan fingerprint density at radius 2 is 1.84 bits per heavy atom. The van der Waals surface area contributed by atoms with Gasteiger partial charge in [-0.15, -0.1) is 0 Å². The van der Waals surface area contributed by atoms with Crippen LogP contribution in [-0.2, 0) is 0 Å². The Morgan fingerprint density at radius 3 is 2.42 bits per heavy atom. The molecular weight excluding hydrogens is 300 g/mol. The zero-order valence-electron chi connectivity index (χ0n) is 12.2. The number of nitrogens with zero attached hydrogens (tertiary/aromatic N) is 1. The predicted octanol–water partition coefficient (Wildman–Crippen LogP) is 4.04. The van der Waals surface area contributed by atoms with Gasteiger partial charge in [0.1, 0.15) is 0 Å². The summed E-state index contributed by atoms with van der Waals surface area (Å²) in [4.78, 5) is 2.44. The van der Waals surface area contributed by atoms with E-state index in [1.54, 1.807) is 0 Å². The van der Waals surface area contributed by atoms with E-state index in [-0.39, 0.29) is 0 Å². The Balaban J connectivity index is 2.07. The summed E-state index contributed by atoms with van der Waals surface area (Å²) >= 11 is 3.49. The first-order valence-electron chi connectivity index (χ1n) is 7.09. The van der Waals surface area contributed by atoms with Gasteiger partial charge in [0.15, 0.2) is 0 Å². The molecule has 2 nitrogen and oxygen atoms in total. The number of hydrogen-bond donors (Lipinski definition) is 1. The van der Waals surface area contributed by atoms with Crippen LogP contribution in [-0.4, -0.2) is 19.1 Å². The second-order valence-corrected chi connectivity index (χ2v) is 7.92. The first kappa shape index (κ1) is 14.9. The number of rotatable bonds is 2. The summed E-state index contributed by atoms with van der Waals surface area (Å²) in [7, 11) is 0. The molecule has 0 bridgehead atoms. The van der Waals surface area contributed by atoms with Gasteiger partial charge in [0, 0.05) is 29.3 Å². The van der Waals surface area contributed by atoms with E-state index in [9.17, 15) is 0 Å². The highest BCUT2D eigenvalue weighted by atomic mass is 79.9. The third-order valence-electron chi connectivity index (χ3n) is 3.66. The highest BCUT2D eigenvalue weighted by Gasteiger charge is 2.28. The van der Waals surface area contributed by atoms with Crippen LogP contribution in [0.3, 0.4) is 0 Å². The molecule has 2 rings (SSSR count). The van der Waals surface area contributed by atoms with Gasteiger partial charge in [-0.25, -0.2) is 0 Å². The van der Waals surface area contributed by atoms with Crippen molar-refractivity contribution in [2.24, 2.45) is 17.1 Å². The first-order chi connectivity index (χ1) is 8.83. The molecule has 3 heteroatoms. The molecule has 106 valence electrons. The molecule has 0 amide bonds. The van der Waals surface area contributed by atoms with Crippen LogP contribution in [0.4, 0.5) is 5.69 Å². The normalized spacial score (nSPS) is 24.6. The largest absolute Gasteiger partial charge is 0.370 e. The van der Waals surface area contributed by atoms with Crippen molar-refractivity contribution in [2.75, 3.05) is 18.0 Å². The Hall–Kier alpha value is -0.540. The smallest absolute Gasteiger partial charge is 0.0367 e. The minimum atomic E-state index is 0.296. The van der Waals surface area contributed by atoms with Gasteiger partial charge in [-0.05, 0) is 48.4 Å². The van der Waals surface area contributed by atoms with Crippen molar-refractivity contribution in [3.63, 3.8) is 0 Å². The van der Waals surface area contributed by atoms with E-state index in [1.807, 2.05) is 0 Å². The molecule has 0 aliphatic carbocycles. The molecular formula is C16H25BrN2. The minimum absolute atomic E-state index is 0.296. The van der Waals surface area contributed by atoms with Crippen LogP contribution in [0.15, 0.2) is 28.7 Å². The zero-order valence-corrected chi connectivity index (χ0v) is 13.8. The van der Waals surface area contributed by atoms with Crippen LogP contribution >= 0.6 is 15.9 Å². The molecule has 1 aromatic carbocycles. The molecule has 1 heterocycles. The maximum Gasteiger partial charge on any atom is 0.0367 e. The highest BCUT2D eigenvalue weighted by molar-refractivity contribution is 9.10. The second kappa shape index (κ2) is 5.84. The van der Waals surface area contributed by atoms with Crippen LogP contribution in [0.5, 0.6) is 0 Å². The van der Waals surface area contributed by atoms with Gasteiger partial charge in [-0.1, -0.05) is 36.7 Å². The average Bonchev–Trinajstić information content (AvgIpc) is 2.26. The Morgan fingerprint density at radius 1 is 1.21 bits per heavy atom. The van der Waals surface area contributed by atoms with Crippen LogP contribution in [0, 0.1) is 11.3 Å². The van der Waals surface area contributed by atoms with E-state index in [1.165, 1.54) is 12.1 Å². The maximum absolute atomic E-state index is 6.25. The van der Waals surface area contributed by atoms with E-state index >= 15 is 0 Å². The summed E-state index contributed by atoms with van der Waals surface area (Å²) in [6.07, 6.45) is 2.40. The van der Waals surface area contributed by atoms with Crippen molar-refractivity contribution < 1.29 is 0 Å². The number of benzene rings is 1. The van der Waals surface area contributed by atoms with Gasteiger partial charge in [0.05, 0.1) is 0 Å². The van der Waals surface area contributed by atoms with Crippen LogP contribution in [0.25, 0.3) is 0 Å². The minimum Gasteiger partial charge on any atom is -0.370 e. The van der Waals surface area contributed by atoms with E-state index in [4.69, 9.17) is 5.73 Å². The summed E-state index contributed by atoms with van der Waals surface area (Å²) in [6.45, 7) is 9.06. The Kier molecular flexibility index (Phi) is 4.57. The van der Waals surface area contributed by atoms with Crippen LogP contribution in [0.1, 0.15) is 33.6 Å². The predicted molar refractivity (Wildman–Crippen MR) is 86.5 cm³/mol. The molecule has 1 aliphatic rings. The number of nitrogens with two attached hydrogens (primary N) is 1. The van der Waals surface area contributed by atoms with Crippen LogP contribution < -0.4 is 10.6 Å². The molecule has 1 aromatic rings. The number of anilines is 1. The fraction of sp³-hybridized carbons (Fsp3) is 0.625. The number of halogens is 1. The summed E-state index contributed by atoms with van der Waals surface area (Å²) in [6, 6.07) is 8.86. The van der Waals surface area contributed by atoms with Gasteiger partial charge < -0.3 is 10.6 Å². The van der Waals surface area contributed by atoms with Gasteiger partial charge in [-0.3, -0.25) is 0 Å². The lowest BCUT2D eigenvalue weighted by Gasteiger charge is -2.40. The topological polar surface area (TPSA) is 29.3 Å². The average molecular weight is 325 g/mol. The SMILES string of the molecule is CC(C)(C)CC1CC(N)CN(c2ccc(Br)cc2)C1. The van der Waals surface area contributed by atoms with E-state index in [0.29, 0.717) is 17.4 Å². The van der Waals surface area contributed by atoms with E-state index in [2.05, 4.69) is 65.9 Å². The lowest BCUT2D eigenvalue weighted by atomic mass is 9.80. The number of piperidine rings is 1. The van der Waals surface area contributed by atoms with E-state index < -0.39 is 0 Å². The fourth-order valence-corrected chi connectivity index (χ4v) is 3.39. The van der Waals surface area contributed by atoms with Crippen molar-refractivity contribution in [1.29, 1.82) is 0 Å². The molecule has 1 saturated heterocycles. The van der Waals surface area contributed by atoms with Crippen molar-refractivity contribution in [1.82, 2.24) is 0 Å². The Bertz CT molecular complexity index is 408. The molecule has 1 fully saturated rings.